The van der Waals surface area contributed by atoms with Crippen LogP contribution >= 0.6 is 22.9 Å². The largest absolute Gasteiger partial charge is 0.336 e. The van der Waals surface area contributed by atoms with Crippen molar-refractivity contribution in [3.05, 3.63) is 39.6 Å². The Morgan fingerprint density at radius 1 is 1.36 bits per heavy atom. The van der Waals surface area contributed by atoms with Gasteiger partial charge in [0.15, 0.2) is 5.13 Å². The van der Waals surface area contributed by atoms with E-state index in [4.69, 9.17) is 11.6 Å². The van der Waals surface area contributed by atoms with Gasteiger partial charge in [-0.3, -0.25) is 15.0 Å². The van der Waals surface area contributed by atoms with Crippen LogP contribution in [0.15, 0.2) is 18.2 Å². The molecule has 28 heavy (non-hydrogen) atoms. The number of amides is 3. The van der Waals surface area contributed by atoms with Gasteiger partial charge < -0.3 is 10.6 Å². The summed E-state index contributed by atoms with van der Waals surface area (Å²) in [6.45, 7) is 5.23. The third-order valence-corrected chi connectivity index (χ3v) is 5.31. The molecule has 1 aliphatic heterocycles. The van der Waals surface area contributed by atoms with Gasteiger partial charge in [-0.05, 0) is 32.0 Å². The van der Waals surface area contributed by atoms with E-state index < -0.39 is 5.82 Å². The summed E-state index contributed by atoms with van der Waals surface area (Å²) in [7, 11) is 0. The van der Waals surface area contributed by atoms with E-state index in [2.05, 4.69) is 20.9 Å². The number of carbonyl (C=O) groups excluding carboxylic acids is 2. The Hall–Kier alpha value is -2.23. The van der Waals surface area contributed by atoms with Crippen molar-refractivity contribution >= 4 is 45.7 Å². The van der Waals surface area contributed by atoms with Gasteiger partial charge in [0.05, 0.1) is 17.3 Å². The second kappa shape index (κ2) is 8.85. The van der Waals surface area contributed by atoms with Crippen LogP contribution in [-0.4, -0.2) is 41.0 Å². The number of aromatic nitrogens is 1. The fraction of sp³-hybridized carbons (Fsp3) is 0.389. The second-order valence-electron chi connectivity index (χ2n) is 6.78. The molecule has 0 fully saturated rings. The zero-order valence-electron chi connectivity index (χ0n) is 15.5. The number of nitrogens with zero attached hydrogens (tertiary/aromatic N) is 2. The number of carbonyl (C=O) groups is 2. The summed E-state index contributed by atoms with van der Waals surface area (Å²) < 4.78 is 13.2. The molecule has 7 nitrogen and oxygen atoms in total. The lowest BCUT2D eigenvalue weighted by molar-refractivity contribution is -0.117. The smallest absolute Gasteiger partial charge is 0.321 e. The molecule has 1 aromatic carbocycles. The standard InChI is InChI=1S/C18H21ClFN5O2S/c1-10(2)21-17(27)24-18-23-14-5-6-25(8-15(14)28-18)9-16(26)22-11-3-4-13(20)12(19)7-11/h3-4,7,10H,5-6,8-9H2,1-2H3,(H,22,26)(H2,21,23,24,27). The summed E-state index contributed by atoms with van der Waals surface area (Å²) >= 11 is 7.15. The molecule has 0 radical (unpaired) electrons. The first-order valence-corrected chi connectivity index (χ1v) is 10.0. The van der Waals surface area contributed by atoms with Gasteiger partial charge in [-0.25, -0.2) is 14.2 Å². The maximum absolute atomic E-state index is 13.2. The Morgan fingerprint density at radius 3 is 2.86 bits per heavy atom. The van der Waals surface area contributed by atoms with Crippen LogP contribution in [0, 0.1) is 5.82 Å². The maximum Gasteiger partial charge on any atom is 0.321 e. The van der Waals surface area contributed by atoms with E-state index in [9.17, 15) is 14.0 Å². The summed E-state index contributed by atoms with van der Waals surface area (Å²) in [5.41, 5.74) is 1.40. The first kappa shape index (κ1) is 20.5. The predicted molar refractivity (Wildman–Crippen MR) is 108 cm³/mol. The predicted octanol–water partition coefficient (Wildman–Crippen LogP) is 3.46. The third kappa shape index (κ3) is 5.40. The van der Waals surface area contributed by atoms with Gasteiger partial charge in [0.2, 0.25) is 5.91 Å². The van der Waals surface area contributed by atoms with Crippen molar-refractivity contribution < 1.29 is 14.0 Å². The zero-order valence-corrected chi connectivity index (χ0v) is 17.1. The minimum Gasteiger partial charge on any atom is -0.336 e. The van der Waals surface area contributed by atoms with Gasteiger partial charge in [-0.2, -0.15) is 0 Å². The van der Waals surface area contributed by atoms with Crippen molar-refractivity contribution in [3.63, 3.8) is 0 Å². The number of nitrogens with one attached hydrogen (secondary N) is 3. The van der Waals surface area contributed by atoms with E-state index in [1.54, 1.807) is 0 Å². The summed E-state index contributed by atoms with van der Waals surface area (Å²) in [6.07, 6.45) is 0.703. The van der Waals surface area contributed by atoms with E-state index in [1.165, 1.54) is 29.5 Å². The number of fused-ring (bicyclic) bond motifs is 1. The van der Waals surface area contributed by atoms with Crippen LogP contribution in [0.5, 0.6) is 0 Å². The van der Waals surface area contributed by atoms with E-state index in [1.807, 2.05) is 18.7 Å². The molecule has 0 spiro atoms. The number of urea groups is 1. The second-order valence-corrected chi connectivity index (χ2v) is 8.27. The molecule has 0 aliphatic carbocycles. The summed E-state index contributed by atoms with van der Waals surface area (Å²) in [5, 5.41) is 8.74. The fourth-order valence-corrected chi connectivity index (χ4v) is 4.04. The number of benzene rings is 1. The molecule has 2 aromatic rings. The monoisotopic (exact) mass is 425 g/mol. The lowest BCUT2D eigenvalue weighted by Gasteiger charge is -2.25. The molecule has 1 aromatic heterocycles. The van der Waals surface area contributed by atoms with Crippen LogP contribution in [0.2, 0.25) is 5.02 Å². The number of rotatable bonds is 5. The maximum atomic E-state index is 13.2. The number of anilines is 2. The van der Waals surface area contributed by atoms with Crippen LogP contribution in [0.1, 0.15) is 24.4 Å². The van der Waals surface area contributed by atoms with E-state index in [0.29, 0.717) is 30.3 Å². The van der Waals surface area contributed by atoms with Gasteiger partial charge in [-0.15, -0.1) is 11.3 Å². The van der Waals surface area contributed by atoms with Crippen molar-refractivity contribution in [2.45, 2.75) is 32.9 Å². The molecule has 0 bridgehead atoms. The zero-order chi connectivity index (χ0) is 20.3. The third-order valence-electron chi connectivity index (χ3n) is 4.02. The molecule has 10 heteroatoms. The number of hydrogen-bond acceptors (Lipinski definition) is 5. The summed E-state index contributed by atoms with van der Waals surface area (Å²) in [4.78, 5) is 31.6. The van der Waals surface area contributed by atoms with E-state index in [-0.39, 0.29) is 29.5 Å². The Morgan fingerprint density at radius 2 is 2.14 bits per heavy atom. The first-order chi connectivity index (χ1) is 13.3. The van der Waals surface area contributed by atoms with Crippen molar-refractivity contribution in [3.8, 4) is 0 Å². The molecular weight excluding hydrogens is 405 g/mol. The molecule has 150 valence electrons. The van der Waals surface area contributed by atoms with Gasteiger partial charge in [0, 0.05) is 36.1 Å². The van der Waals surface area contributed by atoms with Gasteiger partial charge in [0.1, 0.15) is 5.82 Å². The molecule has 0 saturated carbocycles. The Labute approximate surface area is 171 Å². The molecule has 0 unspecified atom stereocenters. The highest BCUT2D eigenvalue weighted by molar-refractivity contribution is 7.15. The molecule has 3 N–H and O–H groups in total. The summed E-state index contributed by atoms with van der Waals surface area (Å²) in [5.74, 6) is -0.731. The van der Waals surface area contributed by atoms with Crippen molar-refractivity contribution in [2.24, 2.45) is 0 Å². The summed E-state index contributed by atoms with van der Waals surface area (Å²) in [6, 6.07) is 3.82. The highest BCUT2D eigenvalue weighted by Crippen LogP contribution is 2.28. The minimum absolute atomic E-state index is 0.0355. The molecule has 1 aliphatic rings. The highest BCUT2D eigenvalue weighted by atomic mass is 35.5. The Balaban J connectivity index is 1.55. The van der Waals surface area contributed by atoms with E-state index >= 15 is 0 Å². The first-order valence-electron chi connectivity index (χ1n) is 8.83. The van der Waals surface area contributed by atoms with Crippen LogP contribution in [-0.2, 0) is 17.8 Å². The topological polar surface area (TPSA) is 86.4 Å². The van der Waals surface area contributed by atoms with Crippen LogP contribution < -0.4 is 16.0 Å². The average Bonchev–Trinajstić information content (AvgIpc) is 2.98. The fourth-order valence-electron chi connectivity index (χ4n) is 2.81. The Kier molecular flexibility index (Phi) is 6.48. The number of hydrogen-bond donors (Lipinski definition) is 3. The van der Waals surface area contributed by atoms with Crippen LogP contribution in [0.25, 0.3) is 0 Å². The molecular formula is C18H21ClFN5O2S. The quantitative estimate of drug-likeness (QED) is 0.684. The molecule has 0 atom stereocenters. The average molecular weight is 426 g/mol. The van der Waals surface area contributed by atoms with Crippen molar-refractivity contribution in [1.29, 1.82) is 0 Å². The number of thiazole rings is 1. The van der Waals surface area contributed by atoms with Crippen LogP contribution in [0.4, 0.5) is 20.0 Å². The molecule has 0 saturated heterocycles. The number of halogens is 2. The van der Waals surface area contributed by atoms with Gasteiger partial charge >= 0.3 is 6.03 Å². The normalized spacial score (nSPS) is 13.9. The van der Waals surface area contributed by atoms with Crippen molar-refractivity contribution in [1.82, 2.24) is 15.2 Å². The minimum atomic E-state index is -0.528. The molecule has 2 heterocycles. The van der Waals surface area contributed by atoms with Crippen LogP contribution in [0.3, 0.4) is 0 Å². The lowest BCUT2D eigenvalue weighted by atomic mass is 10.2. The molecule has 3 rings (SSSR count). The molecule has 3 amide bonds. The van der Waals surface area contributed by atoms with E-state index in [0.717, 1.165) is 10.6 Å². The van der Waals surface area contributed by atoms with Crippen molar-refractivity contribution in [2.75, 3.05) is 23.7 Å². The SMILES string of the molecule is CC(C)NC(=O)Nc1nc2c(s1)CN(CC(=O)Nc1ccc(F)c(Cl)c1)CC2. The lowest BCUT2D eigenvalue weighted by Crippen LogP contribution is -2.36. The highest BCUT2D eigenvalue weighted by Gasteiger charge is 2.23. The Bertz CT molecular complexity index is 889. The van der Waals surface area contributed by atoms with Gasteiger partial charge in [0.25, 0.3) is 0 Å². The van der Waals surface area contributed by atoms with Gasteiger partial charge in [-0.1, -0.05) is 11.6 Å².